The first kappa shape index (κ1) is 16.6. The molecule has 22 heavy (non-hydrogen) atoms. The highest BCUT2D eigenvalue weighted by molar-refractivity contribution is 6.32. The molecule has 0 unspecified atom stereocenters. The monoisotopic (exact) mass is 326 g/mol. The summed E-state index contributed by atoms with van der Waals surface area (Å²) in [6.45, 7) is 2.14. The number of methoxy groups -OCH3 is 1. The van der Waals surface area contributed by atoms with Crippen molar-refractivity contribution in [2.24, 2.45) is 0 Å². The number of nitrogens with zero attached hydrogens (tertiary/aromatic N) is 1. The van der Waals surface area contributed by atoms with Crippen molar-refractivity contribution in [1.29, 1.82) is 0 Å². The summed E-state index contributed by atoms with van der Waals surface area (Å²) >= 11 is 6.02. The van der Waals surface area contributed by atoms with E-state index in [0.717, 1.165) is 0 Å². The summed E-state index contributed by atoms with van der Waals surface area (Å²) in [6.07, 6.45) is 0.0361. The first-order valence-corrected chi connectivity index (χ1v) is 7.45. The van der Waals surface area contributed by atoms with Crippen LogP contribution in [0.3, 0.4) is 0 Å². The zero-order valence-electron chi connectivity index (χ0n) is 12.4. The maximum absolute atomic E-state index is 11.9. The van der Waals surface area contributed by atoms with Crippen LogP contribution in [0.4, 0.5) is 0 Å². The Balaban J connectivity index is 1.90. The highest BCUT2D eigenvalue weighted by atomic mass is 35.5. The quantitative estimate of drug-likeness (QED) is 0.792. The number of rotatable bonds is 6. The summed E-state index contributed by atoms with van der Waals surface area (Å²) in [5, 5.41) is 3.30. The number of carbonyl (C=O) groups excluding carboxylic acids is 2. The Labute approximate surface area is 134 Å². The number of para-hydroxylation sites is 1. The molecule has 1 heterocycles. The van der Waals surface area contributed by atoms with E-state index < -0.39 is 12.0 Å². The molecule has 6 nitrogen and oxygen atoms in total. The maximum Gasteiger partial charge on any atom is 0.307 e. The first-order valence-electron chi connectivity index (χ1n) is 7.07. The van der Waals surface area contributed by atoms with Gasteiger partial charge in [-0.2, -0.15) is 0 Å². The van der Waals surface area contributed by atoms with Crippen molar-refractivity contribution >= 4 is 23.5 Å². The Hall–Kier alpha value is -1.79. The summed E-state index contributed by atoms with van der Waals surface area (Å²) < 4.78 is 10.3. The topological polar surface area (TPSA) is 67.9 Å². The standard InChI is InChI=1S/C15H19ClN2O4/c1-21-14(19)10-12-15(20)17-6-7-18(12)8-9-22-13-5-3-2-4-11(13)16/h2-5,12H,6-10H2,1H3,(H,17,20)/t12-/m0/s1. The van der Waals surface area contributed by atoms with Crippen molar-refractivity contribution < 1.29 is 19.1 Å². The average molecular weight is 327 g/mol. The van der Waals surface area contributed by atoms with Gasteiger partial charge in [0.15, 0.2) is 0 Å². The van der Waals surface area contributed by atoms with Crippen LogP contribution in [0.25, 0.3) is 0 Å². The molecule has 0 radical (unpaired) electrons. The molecular weight excluding hydrogens is 308 g/mol. The predicted octanol–water partition coefficient (Wildman–Crippen LogP) is 1.08. The van der Waals surface area contributed by atoms with E-state index in [1.807, 2.05) is 17.0 Å². The molecule has 1 N–H and O–H groups in total. The number of carbonyl (C=O) groups is 2. The number of amides is 1. The van der Waals surface area contributed by atoms with Crippen LogP contribution in [-0.4, -0.2) is 56.2 Å². The van der Waals surface area contributed by atoms with Crippen LogP contribution in [0.1, 0.15) is 6.42 Å². The Morgan fingerprint density at radius 2 is 2.23 bits per heavy atom. The van der Waals surface area contributed by atoms with Gasteiger partial charge >= 0.3 is 5.97 Å². The Bertz CT molecular complexity index is 538. The fraction of sp³-hybridized carbons (Fsp3) is 0.467. The third kappa shape index (κ3) is 4.35. The average Bonchev–Trinajstić information content (AvgIpc) is 2.52. The Morgan fingerprint density at radius 3 is 2.95 bits per heavy atom. The van der Waals surface area contributed by atoms with Crippen molar-refractivity contribution in [3.63, 3.8) is 0 Å². The molecule has 0 aromatic heterocycles. The van der Waals surface area contributed by atoms with Gasteiger partial charge in [0, 0.05) is 19.6 Å². The molecule has 0 spiro atoms. The van der Waals surface area contributed by atoms with Crippen LogP contribution in [0.2, 0.25) is 5.02 Å². The molecule has 1 saturated heterocycles. The summed E-state index contributed by atoms with van der Waals surface area (Å²) in [7, 11) is 1.31. The van der Waals surface area contributed by atoms with E-state index in [-0.39, 0.29) is 12.3 Å². The van der Waals surface area contributed by atoms with Gasteiger partial charge in [-0.05, 0) is 12.1 Å². The molecule has 1 aromatic carbocycles. The molecule has 0 saturated carbocycles. The number of hydrogen-bond donors (Lipinski definition) is 1. The molecule has 1 aliphatic heterocycles. The lowest BCUT2D eigenvalue weighted by Crippen LogP contribution is -2.56. The van der Waals surface area contributed by atoms with Crippen LogP contribution < -0.4 is 10.1 Å². The number of halogens is 1. The van der Waals surface area contributed by atoms with Crippen LogP contribution in [0.5, 0.6) is 5.75 Å². The van der Waals surface area contributed by atoms with Gasteiger partial charge in [0.25, 0.3) is 0 Å². The molecular formula is C15H19ClN2O4. The SMILES string of the molecule is COC(=O)C[C@H]1C(=O)NCCN1CCOc1ccccc1Cl. The Morgan fingerprint density at radius 1 is 1.45 bits per heavy atom. The molecule has 1 atom stereocenters. The minimum atomic E-state index is -0.518. The van der Waals surface area contributed by atoms with Crippen molar-refractivity contribution in [3.05, 3.63) is 29.3 Å². The zero-order chi connectivity index (χ0) is 15.9. The molecule has 1 amide bonds. The summed E-state index contributed by atoms with van der Waals surface area (Å²) in [6, 6.07) is 6.70. The van der Waals surface area contributed by atoms with Gasteiger partial charge in [-0.25, -0.2) is 0 Å². The van der Waals surface area contributed by atoms with Gasteiger partial charge < -0.3 is 14.8 Å². The lowest BCUT2D eigenvalue weighted by molar-refractivity contribution is -0.146. The third-order valence-corrected chi connectivity index (χ3v) is 3.81. The van der Waals surface area contributed by atoms with Crippen LogP contribution >= 0.6 is 11.6 Å². The van der Waals surface area contributed by atoms with Gasteiger partial charge in [0.05, 0.1) is 24.6 Å². The van der Waals surface area contributed by atoms with E-state index in [0.29, 0.717) is 37.0 Å². The highest BCUT2D eigenvalue weighted by Gasteiger charge is 2.31. The molecule has 1 fully saturated rings. The first-order chi connectivity index (χ1) is 10.6. The molecule has 2 rings (SSSR count). The van der Waals surface area contributed by atoms with E-state index in [1.54, 1.807) is 12.1 Å². The van der Waals surface area contributed by atoms with Crippen molar-refractivity contribution in [3.8, 4) is 5.75 Å². The zero-order valence-corrected chi connectivity index (χ0v) is 13.1. The van der Waals surface area contributed by atoms with E-state index in [9.17, 15) is 9.59 Å². The second-order valence-electron chi connectivity index (χ2n) is 4.90. The van der Waals surface area contributed by atoms with E-state index in [2.05, 4.69) is 10.1 Å². The van der Waals surface area contributed by atoms with Crippen LogP contribution in [-0.2, 0) is 14.3 Å². The van der Waals surface area contributed by atoms with Crippen molar-refractivity contribution in [1.82, 2.24) is 10.2 Å². The molecule has 7 heteroatoms. The fourth-order valence-electron chi connectivity index (χ4n) is 2.33. The minimum absolute atomic E-state index is 0.0361. The molecule has 0 aliphatic carbocycles. The number of nitrogens with one attached hydrogen (secondary N) is 1. The number of benzene rings is 1. The van der Waals surface area contributed by atoms with Crippen LogP contribution in [0, 0.1) is 0 Å². The smallest absolute Gasteiger partial charge is 0.307 e. The fourth-order valence-corrected chi connectivity index (χ4v) is 2.52. The van der Waals surface area contributed by atoms with E-state index in [1.165, 1.54) is 7.11 Å². The van der Waals surface area contributed by atoms with Crippen molar-refractivity contribution in [2.75, 3.05) is 33.4 Å². The van der Waals surface area contributed by atoms with E-state index in [4.69, 9.17) is 16.3 Å². The van der Waals surface area contributed by atoms with Gasteiger partial charge in [0.1, 0.15) is 12.4 Å². The molecule has 1 aliphatic rings. The second-order valence-corrected chi connectivity index (χ2v) is 5.31. The van der Waals surface area contributed by atoms with Crippen LogP contribution in [0.15, 0.2) is 24.3 Å². The largest absolute Gasteiger partial charge is 0.491 e. The number of ether oxygens (including phenoxy) is 2. The number of hydrogen-bond acceptors (Lipinski definition) is 5. The van der Waals surface area contributed by atoms with Gasteiger partial charge in [0.2, 0.25) is 5.91 Å². The summed E-state index contributed by atoms with van der Waals surface area (Å²) in [4.78, 5) is 25.3. The summed E-state index contributed by atoms with van der Waals surface area (Å²) in [5.41, 5.74) is 0. The summed E-state index contributed by atoms with van der Waals surface area (Å²) in [5.74, 6) is 0.0450. The number of esters is 1. The lowest BCUT2D eigenvalue weighted by Gasteiger charge is -2.34. The highest BCUT2D eigenvalue weighted by Crippen LogP contribution is 2.23. The number of piperazine rings is 1. The molecule has 0 bridgehead atoms. The minimum Gasteiger partial charge on any atom is -0.491 e. The molecule has 1 aromatic rings. The lowest BCUT2D eigenvalue weighted by atomic mass is 10.1. The second kappa shape index (κ2) is 8.00. The van der Waals surface area contributed by atoms with Crippen molar-refractivity contribution in [2.45, 2.75) is 12.5 Å². The predicted molar refractivity (Wildman–Crippen MR) is 82.0 cm³/mol. The third-order valence-electron chi connectivity index (χ3n) is 3.50. The van der Waals surface area contributed by atoms with Gasteiger partial charge in [-0.1, -0.05) is 23.7 Å². The normalized spacial score (nSPS) is 18.6. The van der Waals surface area contributed by atoms with Gasteiger partial charge in [-0.3, -0.25) is 14.5 Å². The van der Waals surface area contributed by atoms with Gasteiger partial charge in [-0.15, -0.1) is 0 Å². The molecule has 120 valence electrons. The maximum atomic E-state index is 11.9. The van der Waals surface area contributed by atoms with E-state index >= 15 is 0 Å². The Kier molecular flexibility index (Phi) is 6.03.